The zero-order valence-corrected chi connectivity index (χ0v) is 21.7. The third kappa shape index (κ3) is 4.36. The van der Waals surface area contributed by atoms with Crippen LogP contribution in [0.25, 0.3) is 0 Å². The van der Waals surface area contributed by atoms with Crippen LogP contribution in [0.4, 0.5) is 0 Å². The Morgan fingerprint density at radius 1 is 1.03 bits per heavy atom. The van der Waals surface area contributed by atoms with E-state index in [1.165, 1.54) is 13.4 Å². The Hall–Kier alpha value is -3.01. The third-order valence-electron chi connectivity index (χ3n) is 7.73. The Morgan fingerprint density at radius 3 is 2.08 bits per heavy atom. The van der Waals surface area contributed by atoms with E-state index in [4.69, 9.17) is 19.7 Å². The second-order valence-corrected chi connectivity index (χ2v) is 9.48. The summed E-state index contributed by atoms with van der Waals surface area (Å²) >= 11 is 0. The maximum absolute atomic E-state index is 14.0. The molecule has 6 rings (SSSR count). The van der Waals surface area contributed by atoms with Gasteiger partial charge in [0.05, 0.1) is 13.1 Å². The van der Waals surface area contributed by atoms with Crippen molar-refractivity contribution in [2.45, 2.75) is 30.6 Å². The molecule has 3 aliphatic rings. The highest BCUT2D eigenvalue weighted by atomic mass is 79.9. The first-order valence-electron chi connectivity index (χ1n) is 11.9. The van der Waals surface area contributed by atoms with E-state index in [1.807, 2.05) is 60.7 Å². The number of halogens is 1. The highest BCUT2D eigenvalue weighted by molar-refractivity contribution is 5.86. The molecule has 3 aromatic rings. The third-order valence-corrected chi connectivity index (χ3v) is 7.73. The van der Waals surface area contributed by atoms with Crippen molar-refractivity contribution in [3.63, 3.8) is 0 Å². The molecule has 1 amide bonds. The summed E-state index contributed by atoms with van der Waals surface area (Å²) in [6, 6.07) is 19.8. The number of methoxy groups -OCH3 is 1. The minimum atomic E-state index is -1.41. The number of hydrogen-bond acceptors (Lipinski definition) is 6. The summed E-state index contributed by atoms with van der Waals surface area (Å²) in [6.07, 6.45) is 2.73. The maximum atomic E-state index is 14.0. The molecule has 2 aromatic carbocycles. The lowest BCUT2D eigenvalue weighted by atomic mass is 9.80. The van der Waals surface area contributed by atoms with Crippen LogP contribution in [0.1, 0.15) is 35.7 Å². The number of nitrogens with zero attached hydrogens (tertiary/aromatic N) is 2. The number of amides is 1. The average molecular weight is 556 g/mol. The number of carbonyl (C=O) groups excluding carboxylic acids is 2. The Kier molecular flexibility index (Phi) is 7.63. The molecule has 2 N–H and O–H groups in total. The van der Waals surface area contributed by atoms with Gasteiger partial charge in [0.1, 0.15) is 12.8 Å². The van der Waals surface area contributed by atoms with E-state index in [0.717, 1.165) is 25.9 Å². The number of esters is 1. The van der Waals surface area contributed by atoms with Gasteiger partial charge in [-0.1, -0.05) is 65.8 Å². The van der Waals surface area contributed by atoms with E-state index < -0.39 is 23.5 Å². The molecule has 2 atom stereocenters. The second-order valence-electron chi connectivity index (χ2n) is 9.48. The molecule has 3 aliphatic heterocycles. The molecule has 3 fully saturated rings. The zero-order valence-electron chi connectivity index (χ0n) is 20.1. The van der Waals surface area contributed by atoms with Crippen molar-refractivity contribution in [2.24, 2.45) is 11.7 Å². The Labute approximate surface area is 220 Å². The van der Waals surface area contributed by atoms with E-state index in [0.29, 0.717) is 27.8 Å². The molecule has 3 saturated heterocycles. The first kappa shape index (κ1) is 26.1. The van der Waals surface area contributed by atoms with Gasteiger partial charge < -0.3 is 41.2 Å². The summed E-state index contributed by atoms with van der Waals surface area (Å²) in [7, 11) is 1.53. The smallest absolute Gasteiger partial charge is 0.348 e. The van der Waals surface area contributed by atoms with E-state index in [2.05, 4.69) is 5.16 Å². The molecule has 9 heteroatoms. The molecular weight excluding hydrogens is 526 g/mol. The van der Waals surface area contributed by atoms with Gasteiger partial charge in [-0.15, -0.1) is 0 Å². The highest BCUT2D eigenvalue weighted by Gasteiger charge is 2.56. The van der Waals surface area contributed by atoms with Crippen LogP contribution >= 0.6 is 0 Å². The number of nitrogens with two attached hydrogens (primary N) is 1. The Morgan fingerprint density at radius 2 is 1.61 bits per heavy atom. The van der Waals surface area contributed by atoms with E-state index in [9.17, 15) is 9.59 Å². The first-order valence-corrected chi connectivity index (χ1v) is 11.9. The van der Waals surface area contributed by atoms with Gasteiger partial charge in [-0.3, -0.25) is 4.79 Å². The van der Waals surface area contributed by atoms with Crippen molar-refractivity contribution >= 4 is 11.9 Å². The standard InChI is InChI=1S/C27H29N3O5.BrH/c1-33-27(20-8-4-2-5-9-20,21-10-6-3-7-11-21)26(32)35-23-18-30(15-12-19(23)13-16-30)24(25(28)31)22-14-17-34-29-22;/h2-11,14,17,19,23-24H,12-13,15-16,18H2,1H3,(H-,28,31);1H/t19?,23-,24?,30?;/m0./s1. The number of carbonyl (C=O) groups is 2. The largest absolute Gasteiger partial charge is 1.00 e. The maximum Gasteiger partial charge on any atom is 0.348 e. The zero-order chi connectivity index (χ0) is 24.5. The minimum absolute atomic E-state index is 0. The van der Waals surface area contributed by atoms with Gasteiger partial charge in [0, 0.05) is 31.9 Å². The van der Waals surface area contributed by atoms with Crippen LogP contribution < -0.4 is 22.7 Å². The predicted molar refractivity (Wildman–Crippen MR) is 127 cm³/mol. The molecule has 1 aromatic heterocycles. The van der Waals surface area contributed by atoms with Crippen molar-refractivity contribution in [1.82, 2.24) is 5.16 Å². The molecule has 1 unspecified atom stereocenters. The lowest BCUT2D eigenvalue weighted by molar-refractivity contribution is -0.965. The fourth-order valence-electron chi connectivity index (χ4n) is 6.01. The SMILES string of the molecule is COC(C(=O)O[C@H]1C[N+]2(C(C(N)=O)c3ccon3)CCC1CC2)(c1ccccc1)c1ccccc1.[Br-]. The molecule has 4 heterocycles. The fraction of sp³-hybridized carbons (Fsp3) is 0.370. The molecule has 0 spiro atoms. The van der Waals surface area contributed by atoms with Crippen molar-refractivity contribution in [3.8, 4) is 0 Å². The summed E-state index contributed by atoms with van der Waals surface area (Å²) in [4.78, 5) is 26.6. The molecule has 0 aliphatic carbocycles. The van der Waals surface area contributed by atoms with E-state index in [-0.39, 0.29) is 29.0 Å². The van der Waals surface area contributed by atoms with Crippen molar-refractivity contribution in [1.29, 1.82) is 0 Å². The van der Waals surface area contributed by atoms with Crippen LogP contribution in [0.5, 0.6) is 0 Å². The van der Waals surface area contributed by atoms with E-state index in [1.54, 1.807) is 6.07 Å². The van der Waals surface area contributed by atoms with Crippen molar-refractivity contribution < 1.29 is 45.1 Å². The van der Waals surface area contributed by atoms with Gasteiger partial charge >= 0.3 is 5.97 Å². The first-order chi connectivity index (χ1) is 17.0. The van der Waals surface area contributed by atoms with Crippen LogP contribution in [-0.4, -0.2) is 54.4 Å². The molecule has 8 nitrogen and oxygen atoms in total. The van der Waals surface area contributed by atoms with E-state index >= 15 is 0 Å². The molecule has 2 bridgehead atoms. The summed E-state index contributed by atoms with van der Waals surface area (Å²) in [5.41, 5.74) is 6.36. The van der Waals surface area contributed by atoms with Crippen LogP contribution in [-0.2, 0) is 24.7 Å². The number of quaternary nitrogens is 1. The Bertz CT molecular complexity index is 1130. The highest BCUT2D eigenvalue weighted by Crippen LogP contribution is 2.43. The number of primary amides is 1. The van der Waals surface area contributed by atoms with Crippen LogP contribution in [0.15, 0.2) is 77.5 Å². The summed E-state index contributed by atoms with van der Waals surface area (Å²) < 4.78 is 17.7. The van der Waals surface area contributed by atoms with Gasteiger partial charge in [-0.25, -0.2) is 4.79 Å². The topological polar surface area (TPSA) is 105 Å². The number of benzene rings is 2. The quantitative estimate of drug-likeness (QED) is 0.308. The monoisotopic (exact) mass is 555 g/mol. The summed E-state index contributed by atoms with van der Waals surface area (Å²) in [5, 5.41) is 4.02. The van der Waals surface area contributed by atoms with Crippen molar-refractivity contribution in [3.05, 3.63) is 89.8 Å². The van der Waals surface area contributed by atoms with Crippen LogP contribution in [0.3, 0.4) is 0 Å². The van der Waals surface area contributed by atoms with Gasteiger partial charge in [0.15, 0.2) is 11.8 Å². The predicted octanol–water partition coefficient (Wildman–Crippen LogP) is -0.0526. The molecule has 0 radical (unpaired) electrons. The molecule has 190 valence electrons. The molecule has 36 heavy (non-hydrogen) atoms. The number of fused-ring (bicyclic) bond motifs is 3. The van der Waals surface area contributed by atoms with Crippen LogP contribution in [0.2, 0.25) is 0 Å². The second kappa shape index (κ2) is 10.5. The van der Waals surface area contributed by atoms with Gasteiger partial charge in [0.25, 0.3) is 5.91 Å². The molecule has 0 saturated carbocycles. The van der Waals surface area contributed by atoms with Crippen molar-refractivity contribution in [2.75, 3.05) is 26.7 Å². The minimum Gasteiger partial charge on any atom is -1.00 e. The van der Waals surface area contributed by atoms with Gasteiger partial charge in [-0.05, 0) is 11.1 Å². The number of piperidine rings is 3. The average Bonchev–Trinajstić information content (AvgIpc) is 3.40. The lowest BCUT2D eigenvalue weighted by Gasteiger charge is -2.54. The number of ether oxygens (including phenoxy) is 2. The fourth-order valence-corrected chi connectivity index (χ4v) is 6.01. The Balaban J connectivity index is 0.00000304. The van der Waals surface area contributed by atoms with Gasteiger partial charge in [0.2, 0.25) is 11.6 Å². The normalized spacial score (nSPS) is 23.9. The van der Waals surface area contributed by atoms with Crippen LogP contribution in [0, 0.1) is 5.92 Å². The number of aromatic nitrogens is 1. The summed E-state index contributed by atoms with van der Waals surface area (Å²) in [6.45, 7) is 2.03. The lowest BCUT2D eigenvalue weighted by Crippen LogP contribution is -3.00. The molecular formula is C27H30BrN3O5. The summed E-state index contributed by atoms with van der Waals surface area (Å²) in [5.74, 6) is -0.707. The number of hydrogen-bond donors (Lipinski definition) is 1. The number of rotatable bonds is 8. The van der Waals surface area contributed by atoms with Gasteiger partial charge in [-0.2, -0.15) is 0 Å².